The summed E-state index contributed by atoms with van der Waals surface area (Å²) < 4.78 is 5.32. The summed E-state index contributed by atoms with van der Waals surface area (Å²) >= 11 is 0. The lowest BCUT2D eigenvalue weighted by Crippen LogP contribution is -2.41. The van der Waals surface area contributed by atoms with Crippen LogP contribution >= 0.6 is 0 Å². The van der Waals surface area contributed by atoms with Crippen molar-refractivity contribution >= 4 is 29.4 Å². The van der Waals surface area contributed by atoms with Crippen LogP contribution in [0.2, 0.25) is 0 Å². The minimum atomic E-state index is -1.82. The molecule has 2 heterocycles. The van der Waals surface area contributed by atoms with Crippen molar-refractivity contribution < 1.29 is 34.1 Å². The van der Waals surface area contributed by atoms with Gasteiger partial charge in [-0.05, 0) is 37.1 Å². The number of morpholine rings is 1. The lowest BCUT2D eigenvalue weighted by Gasteiger charge is -2.26. The third-order valence-electron chi connectivity index (χ3n) is 5.49. The van der Waals surface area contributed by atoms with Crippen molar-refractivity contribution in [3.63, 3.8) is 0 Å². The number of carboxylic acids is 2. The molecule has 0 aromatic heterocycles. The highest BCUT2D eigenvalue weighted by Crippen LogP contribution is 2.15. The van der Waals surface area contributed by atoms with E-state index in [0.29, 0.717) is 11.3 Å². The number of carbonyl (C=O) groups is 4. The maximum Gasteiger partial charge on any atom is 0.414 e. The number of rotatable bonds is 7. The molecular formula is C23H34N4O7. The first-order valence-electron chi connectivity index (χ1n) is 11.5. The maximum atomic E-state index is 12.6. The van der Waals surface area contributed by atoms with Crippen molar-refractivity contribution in [3.05, 3.63) is 29.8 Å². The number of anilines is 1. The quantitative estimate of drug-likeness (QED) is 0.328. The molecule has 0 aliphatic carbocycles. The Morgan fingerprint density at radius 3 is 2.00 bits per heavy atom. The highest BCUT2D eigenvalue weighted by molar-refractivity contribution is 6.27. The predicted molar refractivity (Wildman–Crippen MR) is 125 cm³/mol. The zero-order valence-corrected chi connectivity index (χ0v) is 19.3. The average molecular weight is 479 g/mol. The van der Waals surface area contributed by atoms with Crippen molar-refractivity contribution in [3.8, 4) is 0 Å². The molecule has 11 heteroatoms. The number of ether oxygens (including phenoxy) is 1. The Morgan fingerprint density at radius 1 is 0.853 bits per heavy atom. The molecule has 2 saturated heterocycles. The van der Waals surface area contributed by atoms with Crippen LogP contribution in [0, 0.1) is 0 Å². The number of likely N-dealkylation sites (tertiary alicyclic amines) is 1. The fourth-order valence-corrected chi connectivity index (χ4v) is 3.62. The standard InChI is InChI=1S/C21H32N4O3.C2H2O4/c26-20(17-22-9-12-24-13-15-28-16-14-24)23-19-7-5-18(6-8-19)21(27)25-10-3-1-2-4-11-25;3-1(4)2(5)6/h5-8,22H,1-4,9-17H2,(H,23,26);(H,3,4)(H,5,6). The second-order valence-corrected chi connectivity index (χ2v) is 8.07. The molecule has 0 spiro atoms. The smallest absolute Gasteiger partial charge is 0.414 e. The molecule has 2 fully saturated rings. The maximum absolute atomic E-state index is 12.6. The number of hydrogen-bond donors (Lipinski definition) is 4. The van der Waals surface area contributed by atoms with Crippen molar-refractivity contribution in [2.75, 3.05) is 64.3 Å². The van der Waals surface area contributed by atoms with Crippen molar-refractivity contribution in [1.82, 2.24) is 15.1 Å². The number of carbonyl (C=O) groups excluding carboxylic acids is 2. The molecule has 11 nitrogen and oxygen atoms in total. The van der Waals surface area contributed by atoms with E-state index in [1.54, 1.807) is 24.3 Å². The van der Waals surface area contributed by atoms with Crippen LogP contribution in [0.3, 0.4) is 0 Å². The van der Waals surface area contributed by atoms with E-state index in [0.717, 1.165) is 65.3 Å². The minimum absolute atomic E-state index is 0.0754. The van der Waals surface area contributed by atoms with Gasteiger partial charge in [-0.3, -0.25) is 14.5 Å². The Balaban J connectivity index is 0.000000604. The molecule has 4 N–H and O–H groups in total. The Hall–Kier alpha value is -3.02. The van der Waals surface area contributed by atoms with Gasteiger partial charge in [-0.25, -0.2) is 9.59 Å². The van der Waals surface area contributed by atoms with E-state index >= 15 is 0 Å². The number of nitrogens with zero attached hydrogens (tertiary/aromatic N) is 2. The summed E-state index contributed by atoms with van der Waals surface area (Å²) in [6, 6.07) is 7.21. The third kappa shape index (κ3) is 10.3. The minimum Gasteiger partial charge on any atom is -0.473 e. The zero-order chi connectivity index (χ0) is 24.8. The van der Waals surface area contributed by atoms with Crippen molar-refractivity contribution in [2.24, 2.45) is 0 Å². The monoisotopic (exact) mass is 478 g/mol. The van der Waals surface area contributed by atoms with Gasteiger partial charge in [0.2, 0.25) is 5.91 Å². The second-order valence-electron chi connectivity index (χ2n) is 8.07. The first-order valence-corrected chi connectivity index (χ1v) is 11.5. The first kappa shape index (κ1) is 27.2. The van der Waals surface area contributed by atoms with Gasteiger partial charge in [0.05, 0.1) is 19.8 Å². The van der Waals surface area contributed by atoms with E-state index in [4.69, 9.17) is 24.5 Å². The summed E-state index contributed by atoms with van der Waals surface area (Å²) in [5.74, 6) is -3.64. The fraction of sp³-hybridized carbons (Fsp3) is 0.565. The largest absolute Gasteiger partial charge is 0.473 e. The Morgan fingerprint density at radius 2 is 1.44 bits per heavy atom. The molecule has 0 radical (unpaired) electrons. The summed E-state index contributed by atoms with van der Waals surface area (Å²) in [5, 5.41) is 20.8. The topological polar surface area (TPSA) is 149 Å². The molecule has 188 valence electrons. The number of aliphatic carboxylic acids is 2. The number of carboxylic acid groups (broad SMARTS) is 2. The normalized spacial score (nSPS) is 16.5. The van der Waals surface area contributed by atoms with Crippen molar-refractivity contribution in [1.29, 1.82) is 0 Å². The van der Waals surface area contributed by atoms with Crippen molar-refractivity contribution in [2.45, 2.75) is 25.7 Å². The first-order chi connectivity index (χ1) is 16.4. The van der Waals surface area contributed by atoms with Crippen LogP contribution < -0.4 is 10.6 Å². The van der Waals surface area contributed by atoms with Gasteiger partial charge in [-0.1, -0.05) is 12.8 Å². The van der Waals surface area contributed by atoms with Gasteiger partial charge in [-0.2, -0.15) is 0 Å². The molecule has 0 unspecified atom stereocenters. The SMILES string of the molecule is O=C(CNCCN1CCOCC1)Nc1ccc(C(=O)N2CCCCCC2)cc1.O=C(O)C(=O)O. The molecule has 1 aromatic rings. The van der Waals surface area contributed by atoms with Crippen LogP contribution in [0.4, 0.5) is 5.69 Å². The van der Waals surface area contributed by atoms with Gasteiger partial charge in [-0.15, -0.1) is 0 Å². The second kappa shape index (κ2) is 15.0. The Bertz CT molecular complexity index is 790. The Kier molecular flexibility index (Phi) is 12.0. The van der Waals surface area contributed by atoms with E-state index in [9.17, 15) is 9.59 Å². The molecule has 0 saturated carbocycles. The molecule has 0 bridgehead atoms. The van der Waals surface area contributed by atoms with Gasteiger partial charge in [0, 0.05) is 50.5 Å². The third-order valence-corrected chi connectivity index (χ3v) is 5.49. The summed E-state index contributed by atoms with van der Waals surface area (Å²) in [6.07, 6.45) is 4.57. The van der Waals surface area contributed by atoms with Crippen LogP contribution in [0.1, 0.15) is 36.0 Å². The molecule has 2 aliphatic heterocycles. The van der Waals surface area contributed by atoms with E-state index < -0.39 is 11.9 Å². The molecule has 34 heavy (non-hydrogen) atoms. The number of amides is 2. The highest BCUT2D eigenvalue weighted by atomic mass is 16.5. The van der Waals surface area contributed by atoms with Crippen LogP contribution in [0.5, 0.6) is 0 Å². The van der Waals surface area contributed by atoms with Gasteiger partial charge in [0.25, 0.3) is 5.91 Å². The van der Waals surface area contributed by atoms with Gasteiger partial charge in [0.15, 0.2) is 0 Å². The summed E-state index contributed by atoms with van der Waals surface area (Å²) in [4.78, 5) is 47.2. The summed E-state index contributed by atoms with van der Waals surface area (Å²) in [7, 11) is 0. The van der Waals surface area contributed by atoms with Crippen LogP contribution in [0.25, 0.3) is 0 Å². The molecule has 2 amide bonds. The summed E-state index contributed by atoms with van der Waals surface area (Å²) in [5.41, 5.74) is 1.40. The van der Waals surface area contributed by atoms with Gasteiger partial charge < -0.3 is 30.5 Å². The molecular weight excluding hydrogens is 444 g/mol. The van der Waals surface area contributed by atoms with E-state index in [-0.39, 0.29) is 18.4 Å². The average Bonchev–Trinajstić information content (AvgIpc) is 3.13. The molecule has 3 rings (SSSR count). The van der Waals surface area contributed by atoms with Gasteiger partial charge in [0.1, 0.15) is 0 Å². The Labute approximate surface area is 199 Å². The number of hydrogen-bond acceptors (Lipinski definition) is 7. The number of nitrogens with one attached hydrogen (secondary N) is 2. The zero-order valence-electron chi connectivity index (χ0n) is 19.3. The van der Waals surface area contributed by atoms with E-state index in [2.05, 4.69) is 15.5 Å². The fourth-order valence-electron chi connectivity index (χ4n) is 3.62. The highest BCUT2D eigenvalue weighted by Gasteiger charge is 2.17. The predicted octanol–water partition coefficient (Wildman–Crippen LogP) is 0.719. The van der Waals surface area contributed by atoms with E-state index in [1.807, 2.05) is 4.90 Å². The molecule has 2 aliphatic rings. The summed E-state index contributed by atoms with van der Waals surface area (Å²) in [6.45, 7) is 7.14. The van der Waals surface area contributed by atoms with E-state index in [1.165, 1.54) is 12.8 Å². The van der Waals surface area contributed by atoms with Crippen LogP contribution in [-0.2, 0) is 19.1 Å². The lowest BCUT2D eigenvalue weighted by atomic mass is 10.1. The molecule has 0 atom stereocenters. The lowest BCUT2D eigenvalue weighted by molar-refractivity contribution is -0.159. The van der Waals surface area contributed by atoms with Crippen LogP contribution in [-0.4, -0.2) is 103 Å². The van der Waals surface area contributed by atoms with Gasteiger partial charge >= 0.3 is 11.9 Å². The molecule has 1 aromatic carbocycles. The number of benzene rings is 1. The van der Waals surface area contributed by atoms with Crippen LogP contribution in [0.15, 0.2) is 24.3 Å².